The van der Waals surface area contributed by atoms with Gasteiger partial charge in [0.2, 0.25) is 0 Å². The number of fused-ring (bicyclic) bond motifs is 3. The lowest BCUT2D eigenvalue weighted by Crippen LogP contribution is -2.12. The van der Waals surface area contributed by atoms with Gasteiger partial charge in [-0.3, -0.25) is 5.43 Å². The summed E-state index contributed by atoms with van der Waals surface area (Å²) in [4.78, 5) is 0. The largest absolute Gasteiger partial charge is 0.357 e. The van der Waals surface area contributed by atoms with Crippen LogP contribution in [0.4, 0.5) is 5.69 Å². The highest BCUT2D eigenvalue weighted by Gasteiger charge is 2.26. The first kappa shape index (κ1) is 6.71. The van der Waals surface area contributed by atoms with E-state index >= 15 is 0 Å². The van der Waals surface area contributed by atoms with Gasteiger partial charge in [0.05, 0.1) is 5.92 Å². The highest BCUT2D eigenvalue weighted by atomic mass is 15.3. The Labute approximate surface area is 76.2 Å². The minimum atomic E-state index is 0.317. The molecule has 2 N–H and O–H groups in total. The average Bonchev–Trinajstić information content (AvgIpc) is 2.56. The monoisotopic (exact) mass is 171 g/mol. The van der Waals surface area contributed by atoms with Gasteiger partial charge in [0.1, 0.15) is 0 Å². The molecule has 0 spiro atoms. The second-order valence-corrected chi connectivity index (χ2v) is 3.20. The van der Waals surface area contributed by atoms with E-state index in [1.165, 1.54) is 16.9 Å². The molecule has 0 saturated heterocycles. The van der Waals surface area contributed by atoms with Crippen LogP contribution in [0.5, 0.6) is 0 Å². The molecule has 1 aromatic rings. The Balaban J connectivity index is 2.16. The number of nitrogens with zero attached hydrogens (tertiary/aromatic N) is 1. The van der Waals surface area contributed by atoms with Crippen molar-refractivity contribution in [1.29, 1.82) is 0 Å². The maximum atomic E-state index is 4.03. The molecule has 0 saturated carbocycles. The highest BCUT2D eigenvalue weighted by molar-refractivity contribution is 5.83. The normalized spacial score (nSPS) is 22.5. The molecule has 0 bridgehead atoms. The van der Waals surface area contributed by atoms with Crippen molar-refractivity contribution in [3.05, 3.63) is 41.7 Å². The molecule has 1 atom stereocenters. The van der Waals surface area contributed by atoms with Crippen LogP contribution in [0.2, 0.25) is 0 Å². The molecule has 2 aliphatic rings. The topological polar surface area (TPSA) is 36.4 Å². The third-order valence-corrected chi connectivity index (χ3v) is 2.43. The average molecular weight is 171 g/mol. The van der Waals surface area contributed by atoms with Gasteiger partial charge in [0, 0.05) is 23.8 Å². The van der Waals surface area contributed by atoms with Gasteiger partial charge in [-0.25, -0.2) is 0 Å². The summed E-state index contributed by atoms with van der Waals surface area (Å²) < 4.78 is 0. The second kappa shape index (κ2) is 2.36. The lowest BCUT2D eigenvalue weighted by Gasteiger charge is -2.10. The minimum Gasteiger partial charge on any atom is -0.357 e. The van der Waals surface area contributed by atoms with Gasteiger partial charge in [-0.2, -0.15) is 5.10 Å². The summed E-state index contributed by atoms with van der Waals surface area (Å²) in [7, 11) is 0. The van der Waals surface area contributed by atoms with Crippen LogP contribution in [0.15, 0.2) is 41.3 Å². The van der Waals surface area contributed by atoms with Crippen LogP contribution >= 0.6 is 0 Å². The van der Waals surface area contributed by atoms with Gasteiger partial charge in [0.15, 0.2) is 0 Å². The predicted octanol–water partition coefficient (Wildman–Crippen LogP) is 1.63. The molecule has 0 fully saturated rings. The first-order valence-corrected chi connectivity index (χ1v) is 4.30. The van der Waals surface area contributed by atoms with Crippen molar-refractivity contribution in [1.82, 2.24) is 5.43 Å². The van der Waals surface area contributed by atoms with Crippen LogP contribution in [0.3, 0.4) is 0 Å². The standard InChI is InChI=1S/C10H9N3/c1-2-4-9-7(3-1)8-5-11-12-6-10(8)13-9/h1-6,8,12-13H. The van der Waals surface area contributed by atoms with Gasteiger partial charge in [-0.1, -0.05) is 18.2 Å². The van der Waals surface area contributed by atoms with E-state index in [9.17, 15) is 0 Å². The quantitative estimate of drug-likeness (QED) is 0.622. The summed E-state index contributed by atoms with van der Waals surface area (Å²) in [5.74, 6) is 0.317. The molecular weight excluding hydrogens is 162 g/mol. The number of hydrogen-bond donors (Lipinski definition) is 2. The van der Waals surface area contributed by atoms with Crippen molar-refractivity contribution in [3.8, 4) is 0 Å². The maximum Gasteiger partial charge on any atom is 0.0647 e. The molecule has 3 rings (SSSR count). The Hall–Kier alpha value is -1.77. The van der Waals surface area contributed by atoms with Crippen molar-refractivity contribution >= 4 is 11.9 Å². The van der Waals surface area contributed by atoms with E-state index in [0.29, 0.717) is 5.92 Å². The fourth-order valence-corrected chi connectivity index (χ4v) is 1.79. The zero-order valence-electron chi connectivity index (χ0n) is 6.99. The Morgan fingerprint density at radius 3 is 3.15 bits per heavy atom. The zero-order valence-corrected chi connectivity index (χ0v) is 6.99. The zero-order chi connectivity index (χ0) is 8.67. The van der Waals surface area contributed by atoms with E-state index in [1.54, 1.807) is 0 Å². The van der Waals surface area contributed by atoms with E-state index in [0.717, 1.165) is 0 Å². The number of hydrazone groups is 1. The van der Waals surface area contributed by atoms with Crippen LogP contribution in [-0.4, -0.2) is 6.21 Å². The Morgan fingerprint density at radius 2 is 2.15 bits per heavy atom. The SMILES string of the molecule is C1=NNC=C2Nc3ccccc3C12. The van der Waals surface area contributed by atoms with Gasteiger partial charge in [0.25, 0.3) is 0 Å². The van der Waals surface area contributed by atoms with E-state index in [2.05, 4.69) is 34.0 Å². The highest BCUT2D eigenvalue weighted by Crippen LogP contribution is 2.37. The van der Waals surface area contributed by atoms with Crippen LogP contribution in [0.1, 0.15) is 11.5 Å². The number of allylic oxidation sites excluding steroid dienone is 1. The fourth-order valence-electron chi connectivity index (χ4n) is 1.79. The van der Waals surface area contributed by atoms with E-state index in [-0.39, 0.29) is 0 Å². The molecule has 0 amide bonds. The van der Waals surface area contributed by atoms with Gasteiger partial charge >= 0.3 is 0 Å². The lowest BCUT2D eigenvalue weighted by molar-refractivity contribution is 0.899. The fraction of sp³-hybridized carbons (Fsp3) is 0.100. The number of para-hydroxylation sites is 1. The van der Waals surface area contributed by atoms with Gasteiger partial charge in [-0.05, 0) is 11.6 Å². The molecule has 13 heavy (non-hydrogen) atoms. The van der Waals surface area contributed by atoms with Gasteiger partial charge in [-0.15, -0.1) is 0 Å². The molecule has 3 nitrogen and oxygen atoms in total. The summed E-state index contributed by atoms with van der Waals surface area (Å²) in [6.07, 6.45) is 3.83. The second-order valence-electron chi connectivity index (χ2n) is 3.20. The third kappa shape index (κ3) is 0.869. The van der Waals surface area contributed by atoms with Crippen molar-refractivity contribution in [2.45, 2.75) is 5.92 Å². The summed E-state index contributed by atoms with van der Waals surface area (Å²) in [5.41, 5.74) is 6.51. The number of nitrogens with one attached hydrogen (secondary N) is 2. The van der Waals surface area contributed by atoms with Crippen LogP contribution in [-0.2, 0) is 0 Å². The smallest absolute Gasteiger partial charge is 0.0647 e. The maximum absolute atomic E-state index is 4.03. The Kier molecular flexibility index (Phi) is 1.22. The molecule has 2 aliphatic heterocycles. The first-order valence-electron chi connectivity index (χ1n) is 4.30. The predicted molar refractivity (Wildman–Crippen MR) is 52.5 cm³/mol. The van der Waals surface area contributed by atoms with Crippen molar-refractivity contribution in [2.75, 3.05) is 5.32 Å². The lowest BCUT2D eigenvalue weighted by atomic mass is 10.0. The summed E-state index contributed by atoms with van der Waals surface area (Å²) in [6.45, 7) is 0. The third-order valence-electron chi connectivity index (χ3n) is 2.43. The Morgan fingerprint density at radius 1 is 1.23 bits per heavy atom. The van der Waals surface area contributed by atoms with Crippen LogP contribution in [0.25, 0.3) is 0 Å². The number of anilines is 1. The van der Waals surface area contributed by atoms with E-state index < -0.39 is 0 Å². The molecule has 64 valence electrons. The molecule has 2 heterocycles. The van der Waals surface area contributed by atoms with E-state index in [1.807, 2.05) is 18.5 Å². The number of hydrogen-bond acceptors (Lipinski definition) is 3. The molecule has 0 radical (unpaired) electrons. The first-order chi connectivity index (χ1) is 6.45. The van der Waals surface area contributed by atoms with Crippen molar-refractivity contribution < 1.29 is 0 Å². The molecule has 0 aliphatic carbocycles. The van der Waals surface area contributed by atoms with Crippen molar-refractivity contribution in [3.63, 3.8) is 0 Å². The van der Waals surface area contributed by atoms with Crippen LogP contribution in [0, 0.1) is 0 Å². The van der Waals surface area contributed by atoms with Crippen molar-refractivity contribution in [2.24, 2.45) is 5.10 Å². The number of rotatable bonds is 0. The molecule has 1 unspecified atom stereocenters. The number of benzene rings is 1. The van der Waals surface area contributed by atoms with Gasteiger partial charge < -0.3 is 5.32 Å². The minimum absolute atomic E-state index is 0.317. The molecule has 0 aromatic heterocycles. The molecular formula is C10H9N3. The Bertz CT molecular complexity index is 406. The molecule has 1 aromatic carbocycles. The van der Waals surface area contributed by atoms with E-state index in [4.69, 9.17) is 0 Å². The summed E-state index contributed by atoms with van der Waals surface area (Å²) in [5, 5.41) is 7.37. The van der Waals surface area contributed by atoms with Crippen LogP contribution < -0.4 is 10.7 Å². The summed E-state index contributed by atoms with van der Waals surface area (Å²) in [6, 6.07) is 8.31. The molecule has 3 heteroatoms. The summed E-state index contributed by atoms with van der Waals surface area (Å²) >= 11 is 0.